The van der Waals surface area contributed by atoms with E-state index >= 15 is 0 Å². The van der Waals surface area contributed by atoms with Crippen LogP contribution in [0.3, 0.4) is 0 Å². The lowest BCUT2D eigenvalue weighted by atomic mass is 10.0. The van der Waals surface area contributed by atoms with Gasteiger partial charge in [-0.2, -0.15) is 0 Å². The van der Waals surface area contributed by atoms with Gasteiger partial charge in [0.1, 0.15) is 12.1 Å². The Morgan fingerprint density at radius 3 is 2.67 bits per heavy atom. The largest absolute Gasteiger partial charge is 0.354 e. The number of hydrogen-bond donors (Lipinski definition) is 1. The molecule has 0 bridgehead atoms. The summed E-state index contributed by atoms with van der Waals surface area (Å²) in [5, 5.41) is 2.93. The number of carbonyl (C=O) groups is 1. The molecular formula is C21H20N4O2. The number of pyridine rings is 1. The van der Waals surface area contributed by atoms with Crippen molar-refractivity contribution < 1.29 is 4.79 Å². The van der Waals surface area contributed by atoms with Crippen molar-refractivity contribution in [2.75, 3.05) is 6.54 Å². The minimum atomic E-state index is -0.225. The summed E-state index contributed by atoms with van der Waals surface area (Å²) >= 11 is 0. The van der Waals surface area contributed by atoms with E-state index in [4.69, 9.17) is 0 Å². The Bertz CT molecular complexity index is 1160. The average Bonchev–Trinajstić information content (AvgIpc) is 3.20. The maximum absolute atomic E-state index is 12.8. The Morgan fingerprint density at radius 2 is 1.85 bits per heavy atom. The van der Waals surface area contributed by atoms with Crippen LogP contribution in [0.2, 0.25) is 0 Å². The minimum absolute atomic E-state index is 0.0600. The van der Waals surface area contributed by atoms with Crippen LogP contribution in [0, 0.1) is 0 Å². The Hall–Kier alpha value is -3.41. The predicted octanol–water partition coefficient (Wildman–Crippen LogP) is 2.57. The van der Waals surface area contributed by atoms with Crippen LogP contribution < -0.4 is 10.9 Å². The molecule has 6 nitrogen and oxygen atoms in total. The van der Waals surface area contributed by atoms with Crippen LogP contribution >= 0.6 is 0 Å². The Labute approximate surface area is 156 Å². The first kappa shape index (κ1) is 17.0. The summed E-state index contributed by atoms with van der Waals surface area (Å²) in [5.74, 6) is -0.0161. The fourth-order valence-corrected chi connectivity index (χ4v) is 3.30. The summed E-state index contributed by atoms with van der Waals surface area (Å²) in [6.07, 6.45) is 3.45. The second kappa shape index (κ2) is 7.07. The normalized spacial score (nSPS) is 12.3. The van der Waals surface area contributed by atoms with Crippen LogP contribution in [-0.2, 0) is 11.3 Å². The van der Waals surface area contributed by atoms with Gasteiger partial charge in [-0.3, -0.25) is 14.2 Å². The maximum atomic E-state index is 12.8. The van der Waals surface area contributed by atoms with Crippen molar-refractivity contribution >= 4 is 22.6 Å². The second-order valence-electron chi connectivity index (χ2n) is 6.62. The molecule has 1 amide bonds. The van der Waals surface area contributed by atoms with Crippen LogP contribution in [-0.4, -0.2) is 26.4 Å². The Kier molecular flexibility index (Phi) is 4.46. The first-order chi connectivity index (χ1) is 13.1. The number of rotatable bonds is 5. The predicted molar refractivity (Wildman–Crippen MR) is 105 cm³/mol. The number of aromatic nitrogens is 3. The van der Waals surface area contributed by atoms with Crippen LogP contribution in [0.5, 0.6) is 0 Å². The molecule has 0 spiro atoms. The van der Waals surface area contributed by atoms with E-state index in [0.29, 0.717) is 17.7 Å². The first-order valence-corrected chi connectivity index (χ1v) is 8.91. The zero-order valence-corrected chi connectivity index (χ0v) is 15.0. The molecule has 6 heteroatoms. The molecule has 0 aliphatic heterocycles. The third-order valence-corrected chi connectivity index (χ3v) is 4.77. The van der Waals surface area contributed by atoms with E-state index in [1.807, 2.05) is 54.7 Å². The molecule has 0 fully saturated rings. The van der Waals surface area contributed by atoms with Gasteiger partial charge in [0.15, 0.2) is 5.65 Å². The lowest BCUT2D eigenvalue weighted by Crippen LogP contribution is -2.35. The fourth-order valence-electron chi connectivity index (χ4n) is 3.30. The number of benzene rings is 1. The molecule has 1 atom stereocenters. The Morgan fingerprint density at radius 1 is 1.07 bits per heavy atom. The first-order valence-electron chi connectivity index (χ1n) is 8.91. The molecule has 3 heterocycles. The van der Waals surface area contributed by atoms with Gasteiger partial charge in [-0.15, -0.1) is 0 Å². The monoisotopic (exact) mass is 360 g/mol. The van der Waals surface area contributed by atoms with Crippen LogP contribution in [0.15, 0.2) is 71.8 Å². The number of nitrogens with zero attached hydrogens (tertiary/aromatic N) is 3. The second-order valence-corrected chi connectivity index (χ2v) is 6.62. The summed E-state index contributed by atoms with van der Waals surface area (Å²) < 4.78 is 3.24. The van der Waals surface area contributed by atoms with Gasteiger partial charge in [0, 0.05) is 18.9 Å². The highest BCUT2D eigenvalue weighted by molar-refractivity contribution is 5.80. The molecule has 4 rings (SSSR count). The quantitative estimate of drug-likeness (QED) is 0.595. The number of fused-ring (bicyclic) bond motifs is 3. The van der Waals surface area contributed by atoms with Gasteiger partial charge >= 0.3 is 0 Å². The average molecular weight is 360 g/mol. The van der Waals surface area contributed by atoms with Gasteiger partial charge in [0.2, 0.25) is 5.91 Å². The summed E-state index contributed by atoms with van der Waals surface area (Å²) in [6, 6.07) is 17.3. The highest BCUT2D eigenvalue weighted by atomic mass is 16.2. The summed E-state index contributed by atoms with van der Waals surface area (Å²) in [5.41, 5.74) is 2.76. The van der Waals surface area contributed by atoms with Crippen molar-refractivity contribution in [3.63, 3.8) is 0 Å². The molecule has 136 valence electrons. The van der Waals surface area contributed by atoms with Crippen molar-refractivity contribution in [2.24, 2.45) is 0 Å². The van der Waals surface area contributed by atoms with Crippen molar-refractivity contribution in [1.29, 1.82) is 0 Å². The van der Waals surface area contributed by atoms with E-state index in [9.17, 15) is 9.59 Å². The van der Waals surface area contributed by atoms with E-state index in [1.165, 1.54) is 4.57 Å². The molecule has 0 radical (unpaired) electrons. The van der Waals surface area contributed by atoms with Crippen molar-refractivity contribution in [2.45, 2.75) is 19.4 Å². The van der Waals surface area contributed by atoms with E-state index in [0.717, 1.165) is 11.1 Å². The van der Waals surface area contributed by atoms with E-state index in [-0.39, 0.29) is 23.9 Å². The number of nitrogens with one attached hydrogen (secondary N) is 1. The molecule has 0 saturated carbocycles. The van der Waals surface area contributed by atoms with E-state index in [1.54, 1.807) is 16.7 Å². The van der Waals surface area contributed by atoms with Crippen LogP contribution in [0.25, 0.3) is 16.7 Å². The van der Waals surface area contributed by atoms with E-state index < -0.39 is 0 Å². The lowest BCUT2D eigenvalue weighted by Gasteiger charge is -2.15. The smallest absolute Gasteiger partial charge is 0.276 e. The van der Waals surface area contributed by atoms with Crippen molar-refractivity contribution in [3.8, 4) is 0 Å². The number of hydrogen-bond acceptors (Lipinski definition) is 3. The zero-order valence-electron chi connectivity index (χ0n) is 15.0. The lowest BCUT2D eigenvalue weighted by molar-refractivity contribution is -0.121. The number of amides is 1. The molecule has 0 saturated heterocycles. The third-order valence-electron chi connectivity index (χ3n) is 4.77. The molecule has 0 aliphatic rings. The van der Waals surface area contributed by atoms with Gasteiger partial charge in [0.25, 0.3) is 5.56 Å². The summed E-state index contributed by atoms with van der Waals surface area (Å²) in [6.45, 7) is 2.51. The topological polar surface area (TPSA) is 68.4 Å². The zero-order chi connectivity index (χ0) is 18.8. The number of carbonyl (C=O) groups excluding carboxylic acids is 1. The molecule has 1 aromatic carbocycles. The maximum Gasteiger partial charge on any atom is 0.276 e. The SMILES string of the molecule is C[C@@H](CNC(=O)Cn1c(=O)c2cccn2c2cccnc21)c1ccccc1. The highest BCUT2D eigenvalue weighted by Crippen LogP contribution is 2.14. The molecule has 3 aromatic heterocycles. The van der Waals surface area contributed by atoms with Gasteiger partial charge in [0.05, 0.1) is 5.52 Å². The standard InChI is InChI=1S/C21H20N4O2/c1-15(16-7-3-2-4-8-16)13-23-19(26)14-25-20-17(9-5-11-22-20)24-12-6-10-18(24)21(25)27/h2-12,15H,13-14H2,1H3,(H,23,26)/t15-/m0/s1. The molecular weight excluding hydrogens is 340 g/mol. The summed E-state index contributed by atoms with van der Waals surface area (Å²) in [7, 11) is 0. The van der Waals surface area contributed by atoms with Gasteiger partial charge in [-0.25, -0.2) is 4.98 Å². The van der Waals surface area contributed by atoms with Crippen molar-refractivity contribution in [3.05, 3.63) is 82.9 Å². The van der Waals surface area contributed by atoms with Gasteiger partial charge in [-0.1, -0.05) is 37.3 Å². The minimum Gasteiger partial charge on any atom is -0.354 e. The molecule has 0 aliphatic carbocycles. The fraction of sp³-hybridized carbons (Fsp3) is 0.190. The molecule has 0 unspecified atom stereocenters. The van der Waals surface area contributed by atoms with Crippen LogP contribution in [0.4, 0.5) is 0 Å². The molecule has 27 heavy (non-hydrogen) atoms. The van der Waals surface area contributed by atoms with Crippen molar-refractivity contribution in [1.82, 2.24) is 19.3 Å². The third kappa shape index (κ3) is 3.21. The Balaban J connectivity index is 1.58. The van der Waals surface area contributed by atoms with Crippen LogP contribution in [0.1, 0.15) is 18.4 Å². The summed E-state index contributed by atoms with van der Waals surface area (Å²) in [4.78, 5) is 29.7. The molecule has 4 aromatic rings. The highest BCUT2D eigenvalue weighted by Gasteiger charge is 2.14. The molecule has 1 N–H and O–H groups in total. The van der Waals surface area contributed by atoms with Gasteiger partial charge < -0.3 is 9.72 Å². The van der Waals surface area contributed by atoms with E-state index in [2.05, 4.69) is 17.2 Å². The van der Waals surface area contributed by atoms with Gasteiger partial charge in [-0.05, 0) is 35.7 Å².